The molecule has 470 valence electrons. The molecule has 79 heavy (non-hydrogen) atoms. The molecule has 0 aliphatic heterocycles. The number of aliphatic hydroxyl groups is 2. The second-order valence-corrected chi connectivity index (χ2v) is 25.3. The van der Waals surface area contributed by atoms with Gasteiger partial charge in [0.15, 0.2) is 0 Å². The third kappa shape index (κ3) is 65.6. The van der Waals surface area contributed by atoms with Crippen molar-refractivity contribution < 1.29 is 24.5 Å². The Kier molecular flexibility index (Phi) is 67.9. The van der Waals surface area contributed by atoms with Gasteiger partial charge in [-0.25, -0.2) is 0 Å². The molecule has 0 bridgehead atoms. The van der Waals surface area contributed by atoms with Crippen molar-refractivity contribution in [2.24, 2.45) is 0 Å². The minimum atomic E-state index is -0.668. The van der Waals surface area contributed by atoms with Crippen LogP contribution < -0.4 is 5.32 Å². The number of ether oxygens (including phenoxy) is 1. The van der Waals surface area contributed by atoms with E-state index in [0.29, 0.717) is 25.9 Å². The molecule has 2 unspecified atom stereocenters. The van der Waals surface area contributed by atoms with Gasteiger partial charge in [0, 0.05) is 12.8 Å². The molecule has 0 saturated carbocycles. The standard InChI is InChI=1S/C73H143NO5/c1-3-5-7-9-11-13-15-17-19-20-21-22-23-26-29-32-35-38-41-45-49-53-57-61-65-71(76)70(69-75)74-72(77)66-62-58-54-50-46-42-39-36-33-30-27-24-25-28-31-34-37-40-44-48-52-56-60-64-68-79-73(78)67-63-59-55-51-47-43-18-16-14-12-10-8-6-4-2/h27,30,70-71,75-76H,3-26,28-29,31-69H2,1-2H3,(H,74,77)/b30-27-. The molecule has 0 aliphatic rings. The van der Waals surface area contributed by atoms with Crippen molar-refractivity contribution in [1.29, 1.82) is 0 Å². The fraction of sp³-hybridized carbons (Fsp3) is 0.945. The van der Waals surface area contributed by atoms with Crippen LogP contribution in [0, 0.1) is 0 Å². The van der Waals surface area contributed by atoms with E-state index in [9.17, 15) is 19.8 Å². The van der Waals surface area contributed by atoms with Crippen LogP contribution in [0.25, 0.3) is 0 Å². The number of carbonyl (C=O) groups is 2. The van der Waals surface area contributed by atoms with Gasteiger partial charge in [0.2, 0.25) is 5.91 Å². The van der Waals surface area contributed by atoms with Gasteiger partial charge in [-0.05, 0) is 51.4 Å². The molecule has 0 saturated heterocycles. The predicted octanol–water partition coefficient (Wildman–Crippen LogP) is 23.5. The van der Waals surface area contributed by atoms with Crippen LogP contribution in [0.5, 0.6) is 0 Å². The lowest BCUT2D eigenvalue weighted by Gasteiger charge is -2.22. The summed E-state index contributed by atoms with van der Waals surface area (Å²) in [5.41, 5.74) is 0. The second kappa shape index (κ2) is 69.1. The molecule has 0 aromatic carbocycles. The van der Waals surface area contributed by atoms with Crippen molar-refractivity contribution >= 4 is 11.9 Å². The zero-order chi connectivity index (χ0) is 57.1. The predicted molar refractivity (Wildman–Crippen MR) is 347 cm³/mol. The van der Waals surface area contributed by atoms with E-state index >= 15 is 0 Å². The fourth-order valence-corrected chi connectivity index (χ4v) is 11.8. The highest BCUT2D eigenvalue weighted by atomic mass is 16.5. The SMILES string of the molecule is CCCCCCCCCCCCCCCCCCCCCCCCCCC(O)C(CO)NC(=O)CCCCCCCCCC/C=C\CCCCCCCCCCCCCCOC(=O)CCCCCCCCCCCCCCCC. The Bertz CT molecular complexity index is 1190. The molecule has 0 aliphatic carbocycles. The van der Waals surface area contributed by atoms with E-state index in [1.807, 2.05) is 0 Å². The molecular formula is C73H143NO5. The summed E-state index contributed by atoms with van der Waals surface area (Å²) in [5, 5.41) is 23.4. The minimum Gasteiger partial charge on any atom is -0.466 e. The highest BCUT2D eigenvalue weighted by Crippen LogP contribution is 2.19. The smallest absolute Gasteiger partial charge is 0.305 e. The first kappa shape index (κ1) is 77.6. The van der Waals surface area contributed by atoms with Crippen molar-refractivity contribution in [3.8, 4) is 0 Å². The Balaban J connectivity index is 3.39. The molecule has 6 heteroatoms. The van der Waals surface area contributed by atoms with Gasteiger partial charge >= 0.3 is 5.97 Å². The van der Waals surface area contributed by atoms with Crippen molar-refractivity contribution in [3.05, 3.63) is 12.2 Å². The molecule has 0 fully saturated rings. The lowest BCUT2D eigenvalue weighted by atomic mass is 10.0. The van der Waals surface area contributed by atoms with Crippen LogP contribution in [-0.2, 0) is 14.3 Å². The average molecular weight is 1110 g/mol. The fourth-order valence-electron chi connectivity index (χ4n) is 11.8. The second-order valence-electron chi connectivity index (χ2n) is 25.3. The summed E-state index contributed by atoms with van der Waals surface area (Å²) in [4.78, 5) is 24.6. The van der Waals surface area contributed by atoms with Crippen molar-refractivity contribution in [3.63, 3.8) is 0 Å². The number of nitrogens with one attached hydrogen (secondary N) is 1. The van der Waals surface area contributed by atoms with Gasteiger partial charge in [-0.2, -0.15) is 0 Å². The number of unbranched alkanes of at least 4 members (excludes halogenated alkanes) is 56. The van der Waals surface area contributed by atoms with Gasteiger partial charge in [-0.3, -0.25) is 9.59 Å². The van der Waals surface area contributed by atoms with E-state index in [-0.39, 0.29) is 18.5 Å². The van der Waals surface area contributed by atoms with E-state index in [2.05, 4.69) is 31.3 Å². The zero-order valence-corrected chi connectivity index (χ0v) is 53.9. The maximum Gasteiger partial charge on any atom is 0.305 e. The van der Waals surface area contributed by atoms with Gasteiger partial charge in [0.25, 0.3) is 0 Å². The van der Waals surface area contributed by atoms with Crippen LogP contribution in [0.15, 0.2) is 12.2 Å². The maximum atomic E-state index is 12.6. The van der Waals surface area contributed by atoms with Crippen LogP contribution in [-0.4, -0.2) is 47.4 Å². The van der Waals surface area contributed by atoms with Crippen molar-refractivity contribution in [2.45, 2.75) is 431 Å². The van der Waals surface area contributed by atoms with Gasteiger partial charge in [-0.15, -0.1) is 0 Å². The third-order valence-electron chi connectivity index (χ3n) is 17.3. The van der Waals surface area contributed by atoms with Gasteiger partial charge in [-0.1, -0.05) is 366 Å². The average Bonchev–Trinajstić information content (AvgIpc) is 3.45. The van der Waals surface area contributed by atoms with Gasteiger partial charge in [0.1, 0.15) is 0 Å². The molecule has 0 spiro atoms. The summed E-state index contributed by atoms with van der Waals surface area (Å²) in [6.07, 6.45) is 85.5. The van der Waals surface area contributed by atoms with Crippen LogP contribution in [0.4, 0.5) is 0 Å². The number of esters is 1. The summed E-state index contributed by atoms with van der Waals surface area (Å²) < 4.78 is 5.49. The van der Waals surface area contributed by atoms with E-state index in [1.165, 1.54) is 347 Å². The maximum absolute atomic E-state index is 12.6. The van der Waals surface area contributed by atoms with E-state index in [1.54, 1.807) is 0 Å². The van der Waals surface area contributed by atoms with Crippen LogP contribution in [0.2, 0.25) is 0 Å². The Morgan fingerprint density at radius 1 is 0.342 bits per heavy atom. The molecule has 3 N–H and O–H groups in total. The molecule has 0 aromatic heterocycles. The van der Waals surface area contributed by atoms with Crippen LogP contribution in [0.1, 0.15) is 418 Å². The van der Waals surface area contributed by atoms with E-state index in [4.69, 9.17) is 4.74 Å². The Morgan fingerprint density at radius 2 is 0.595 bits per heavy atom. The van der Waals surface area contributed by atoms with Crippen LogP contribution >= 0.6 is 0 Å². The highest BCUT2D eigenvalue weighted by molar-refractivity contribution is 5.76. The number of aliphatic hydroxyl groups excluding tert-OH is 2. The van der Waals surface area contributed by atoms with Gasteiger partial charge < -0.3 is 20.3 Å². The molecule has 1 amide bonds. The summed E-state index contributed by atoms with van der Waals surface area (Å²) in [7, 11) is 0. The summed E-state index contributed by atoms with van der Waals surface area (Å²) in [6.45, 7) is 5.00. The molecule has 0 aromatic rings. The van der Waals surface area contributed by atoms with Crippen molar-refractivity contribution in [2.75, 3.05) is 13.2 Å². The molecule has 6 nitrogen and oxygen atoms in total. The van der Waals surface area contributed by atoms with Crippen molar-refractivity contribution in [1.82, 2.24) is 5.32 Å². The Morgan fingerprint density at radius 3 is 0.899 bits per heavy atom. The Hall–Kier alpha value is -1.40. The largest absolute Gasteiger partial charge is 0.466 e. The first-order valence-corrected chi connectivity index (χ1v) is 36.4. The lowest BCUT2D eigenvalue weighted by molar-refractivity contribution is -0.143. The van der Waals surface area contributed by atoms with E-state index in [0.717, 1.165) is 38.5 Å². The monoisotopic (exact) mass is 1110 g/mol. The summed E-state index contributed by atoms with van der Waals surface area (Å²) in [5.74, 6) is -0.0179. The molecule has 0 heterocycles. The van der Waals surface area contributed by atoms with Gasteiger partial charge in [0.05, 0.1) is 25.4 Å². The normalized spacial score (nSPS) is 12.5. The molecule has 0 radical (unpaired) electrons. The van der Waals surface area contributed by atoms with E-state index < -0.39 is 12.1 Å². The number of carbonyl (C=O) groups excluding carboxylic acids is 2. The summed E-state index contributed by atoms with van der Waals surface area (Å²) >= 11 is 0. The highest BCUT2D eigenvalue weighted by Gasteiger charge is 2.20. The number of hydrogen-bond acceptors (Lipinski definition) is 5. The Labute approximate surface area is 495 Å². The number of hydrogen-bond donors (Lipinski definition) is 3. The summed E-state index contributed by atoms with van der Waals surface area (Å²) in [6, 6.07) is -0.546. The zero-order valence-electron chi connectivity index (χ0n) is 53.9. The first-order chi connectivity index (χ1) is 39.0. The van der Waals surface area contributed by atoms with Crippen LogP contribution in [0.3, 0.4) is 0 Å². The number of rotatable bonds is 69. The number of amides is 1. The molecule has 0 rings (SSSR count). The molecular weight excluding hydrogens is 971 g/mol. The third-order valence-corrected chi connectivity index (χ3v) is 17.3. The lowest BCUT2D eigenvalue weighted by Crippen LogP contribution is -2.45. The quantitative estimate of drug-likeness (QED) is 0.0320. The topological polar surface area (TPSA) is 95.9 Å². The molecule has 2 atom stereocenters. The minimum absolute atomic E-state index is 0.0161. The first-order valence-electron chi connectivity index (χ1n) is 36.4. The number of allylic oxidation sites excluding steroid dienone is 2.